The highest BCUT2D eigenvalue weighted by Gasteiger charge is 2.21. The Kier molecular flexibility index (Phi) is 14.7. The maximum atomic E-state index is 12.3. The first-order chi connectivity index (χ1) is 19.4. The largest absolute Gasteiger partial charge is 0.382 e. The van der Waals surface area contributed by atoms with Gasteiger partial charge in [0, 0.05) is 6.42 Å². The van der Waals surface area contributed by atoms with Crippen molar-refractivity contribution in [1.29, 1.82) is 0 Å². The van der Waals surface area contributed by atoms with E-state index in [9.17, 15) is 9.46 Å². The van der Waals surface area contributed by atoms with E-state index in [4.69, 9.17) is 15.0 Å². The van der Waals surface area contributed by atoms with Crippen LogP contribution in [0.2, 0.25) is 0 Å². The van der Waals surface area contributed by atoms with Crippen molar-refractivity contribution < 1.29 is 18.7 Å². The van der Waals surface area contributed by atoms with Crippen LogP contribution in [-0.2, 0) is 20.4 Å². The molecule has 0 saturated carbocycles. The minimum absolute atomic E-state index is 0.271. The van der Waals surface area contributed by atoms with Gasteiger partial charge in [0.1, 0.15) is 18.2 Å². The van der Waals surface area contributed by atoms with Gasteiger partial charge in [0.25, 0.3) is 0 Å². The third-order valence-electron chi connectivity index (χ3n) is 6.63. The Hall–Kier alpha value is -2.28. The summed E-state index contributed by atoms with van der Waals surface area (Å²) in [6, 6.07) is 4.12. The summed E-state index contributed by atoms with van der Waals surface area (Å²) in [5.41, 5.74) is 6.94. The number of nitrogen functional groups attached to an aromatic ring is 1. The highest BCUT2D eigenvalue weighted by molar-refractivity contribution is 7.52. The second-order valence-corrected chi connectivity index (χ2v) is 12.9. The molecule has 2 atom stereocenters. The Morgan fingerprint density at radius 3 is 2.38 bits per heavy atom. The average molecular weight is 590 g/mol. The van der Waals surface area contributed by atoms with Gasteiger partial charge in [0.2, 0.25) is 0 Å². The standard InChI is InChI=1S/C29H44N5O4PS/c1-25(21-34-23-33-27-28(30)31-22-32-29(27)34)37-24-39(35,36)38-19-15-13-11-9-7-5-3-2-4-6-8-10-12-14-17-26-18-16-20-40-26/h16,18,20,22-23,25H,2-13,15,19,21,24H2,1H3,(H,35,36)(H2,30,31,32)/t25-/m1/s1. The molecule has 3 rings (SSSR count). The maximum Gasteiger partial charge on any atom is 0.353 e. The zero-order chi connectivity index (χ0) is 28.5. The number of nitrogens with zero attached hydrogens (tertiary/aromatic N) is 4. The molecule has 11 heteroatoms. The number of unbranched alkanes of at least 4 members (excludes halogenated alkanes) is 12. The molecule has 0 bridgehead atoms. The molecule has 0 fully saturated rings. The van der Waals surface area contributed by atoms with Gasteiger partial charge in [0.15, 0.2) is 11.5 Å². The number of anilines is 1. The lowest BCUT2D eigenvalue weighted by molar-refractivity contribution is 0.0715. The van der Waals surface area contributed by atoms with Gasteiger partial charge in [0.05, 0.1) is 30.5 Å². The Morgan fingerprint density at radius 1 is 1.02 bits per heavy atom. The second-order valence-electron chi connectivity index (χ2n) is 10.2. The predicted molar refractivity (Wildman–Crippen MR) is 162 cm³/mol. The van der Waals surface area contributed by atoms with E-state index in [0.717, 1.165) is 30.6 Å². The molecule has 9 nitrogen and oxygen atoms in total. The Morgan fingerprint density at radius 2 is 1.70 bits per heavy atom. The summed E-state index contributed by atoms with van der Waals surface area (Å²) in [4.78, 5) is 23.6. The van der Waals surface area contributed by atoms with E-state index in [0.29, 0.717) is 23.5 Å². The number of hydrogen-bond acceptors (Lipinski definition) is 8. The molecule has 0 radical (unpaired) electrons. The van der Waals surface area contributed by atoms with Gasteiger partial charge in [-0.1, -0.05) is 82.1 Å². The summed E-state index contributed by atoms with van der Waals surface area (Å²) in [5, 5.41) is 2.07. The molecule has 0 saturated heterocycles. The number of imidazole rings is 1. The van der Waals surface area contributed by atoms with Crippen molar-refractivity contribution in [2.24, 2.45) is 0 Å². The van der Waals surface area contributed by atoms with Gasteiger partial charge in [-0.15, -0.1) is 11.3 Å². The van der Waals surface area contributed by atoms with E-state index in [1.807, 2.05) is 13.0 Å². The summed E-state index contributed by atoms with van der Waals surface area (Å²) in [6.07, 6.45) is 17.7. The number of rotatable bonds is 20. The van der Waals surface area contributed by atoms with Crippen LogP contribution in [0.15, 0.2) is 30.2 Å². The van der Waals surface area contributed by atoms with Gasteiger partial charge in [-0.25, -0.2) is 15.0 Å². The first-order valence-electron chi connectivity index (χ1n) is 14.5. The van der Waals surface area contributed by atoms with Crippen LogP contribution in [-0.4, -0.2) is 43.5 Å². The fourth-order valence-electron chi connectivity index (χ4n) is 4.41. The highest BCUT2D eigenvalue weighted by Crippen LogP contribution is 2.42. The quantitative estimate of drug-likeness (QED) is 0.0808. The Labute approximate surface area is 242 Å². The number of fused-ring (bicyclic) bond motifs is 1. The Bertz CT molecular complexity index is 1220. The van der Waals surface area contributed by atoms with Crippen LogP contribution >= 0.6 is 18.9 Å². The lowest BCUT2D eigenvalue weighted by atomic mass is 10.0. The monoisotopic (exact) mass is 589 g/mol. The summed E-state index contributed by atoms with van der Waals surface area (Å²) < 4.78 is 24.9. The van der Waals surface area contributed by atoms with E-state index < -0.39 is 7.60 Å². The first kappa shape index (κ1) is 32.2. The van der Waals surface area contributed by atoms with Crippen molar-refractivity contribution in [3.63, 3.8) is 0 Å². The highest BCUT2D eigenvalue weighted by atomic mass is 32.1. The van der Waals surface area contributed by atoms with E-state index in [2.05, 4.69) is 38.2 Å². The van der Waals surface area contributed by atoms with Crippen molar-refractivity contribution in [1.82, 2.24) is 19.5 Å². The predicted octanol–water partition coefficient (Wildman–Crippen LogP) is 7.16. The van der Waals surface area contributed by atoms with Crippen molar-refractivity contribution >= 4 is 35.9 Å². The third kappa shape index (κ3) is 12.5. The number of aromatic nitrogens is 4. The summed E-state index contributed by atoms with van der Waals surface area (Å²) in [6.45, 7) is 2.51. The van der Waals surface area contributed by atoms with Gasteiger partial charge in [-0.2, -0.15) is 0 Å². The van der Waals surface area contributed by atoms with Crippen molar-refractivity contribution in [2.75, 3.05) is 18.7 Å². The van der Waals surface area contributed by atoms with Gasteiger partial charge < -0.3 is 24.5 Å². The van der Waals surface area contributed by atoms with Crippen molar-refractivity contribution in [2.45, 2.75) is 103 Å². The fourth-order valence-corrected chi connectivity index (χ4v) is 5.93. The van der Waals surface area contributed by atoms with Crippen LogP contribution in [0, 0.1) is 11.8 Å². The van der Waals surface area contributed by atoms with Crippen LogP contribution in [0.4, 0.5) is 5.82 Å². The molecule has 0 spiro atoms. The summed E-state index contributed by atoms with van der Waals surface area (Å²) in [7, 11) is -3.79. The minimum Gasteiger partial charge on any atom is -0.382 e. The van der Waals surface area contributed by atoms with Gasteiger partial charge in [-0.3, -0.25) is 4.57 Å². The minimum atomic E-state index is -3.79. The SMILES string of the molecule is C[C@H](Cn1cnc2c(N)ncnc21)OCP(=O)(O)OCCCCCCCCCCCCCCC#Cc1cccs1. The molecule has 40 heavy (non-hydrogen) atoms. The van der Waals surface area contributed by atoms with Gasteiger partial charge >= 0.3 is 7.60 Å². The zero-order valence-corrected chi connectivity index (χ0v) is 25.4. The van der Waals surface area contributed by atoms with Crippen LogP contribution in [0.1, 0.15) is 95.3 Å². The summed E-state index contributed by atoms with van der Waals surface area (Å²) in [5.74, 6) is 6.81. The number of ether oxygens (including phenoxy) is 1. The second kappa shape index (κ2) is 18.2. The molecular formula is C29H44N5O4PS. The maximum absolute atomic E-state index is 12.3. The molecule has 0 aromatic carbocycles. The lowest BCUT2D eigenvalue weighted by Gasteiger charge is -2.17. The van der Waals surface area contributed by atoms with E-state index in [1.54, 1.807) is 22.2 Å². The molecule has 1 unspecified atom stereocenters. The lowest BCUT2D eigenvalue weighted by Crippen LogP contribution is -2.17. The fraction of sp³-hybridized carbons (Fsp3) is 0.621. The molecule has 0 aliphatic rings. The molecule has 3 aromatic heterocycles. The van der Waals surface area contributed by atoms with Crippen molar-refractivity contribution in [3.05, 3.63) is 35.0 Å². The number of thiophene rings is 1. The number of hydrogen-bond donors (Lipinski definition) is 2. The molecule has 0 amide bonds. The molecule has 3 N–H and O–H groups in total. The molecule has 0 aliphatic carbocycles. The van der Waals surface area contributed by atoms with Crippen molar-refractivity contribution in [3.8, 4) is 11.8 Å². The van der Waals surface area contributed by atoms with Crippen LogP contribution in [0.5, 0.6) is 0 Å². The van der Waals surface area contributed by atoms with E-state index >= 15 is 0 Å². The van der Waals surface area contributed by atoms with E-state index in [-0.39, 0.29) is 19.1 Å². The normalized spacial score (nSPS) is 13.7. The van der Waals surface area contributed by atoms with Crippen LogP contribution in [0.3, 0.4) is 0 Å². The third-order valence-corrected chi connectivity index (χ3v) is 8.47. The van der Waals surface area contributed by atoms with E-state index in [1.165, 1.54) is 64.1 Å². The molecule has 3 aromatic rings. The topological polar surface area (TPSA) is 125 Å². The average Bonchev–Trinajstić information content (AvgIpc) is 3.60. The molecule has 0 aliphatic heterocycles. The Balaban J connectivity index is 1.10. The first-order valence-corrected chi connectivity index (χ1v) is 17.1. The van der Waals surface area contributed by atoms with Gasteiger partial charge in [-0.05, 0) is 31.2 Å². The number of nitrogens with two attached hydrogens (primary N) is 1. The summed E-state index contributed by atoms with van der Waals surface area (Å²) >= 11 is 1.70. The van der Waals surface area contributed by atoms with Crippen LogP contribution < -0.4 is 5.73 Å². The van der Waals surface area contributed by atoms with Crippen LogP contribution in [0.25, 0.3) is 11.2 Å². The zero-order valence-electron chi connectivity index (χ0n) is 23.7. The molecule has 220 valence electrons. The molecular weight excluding hydrogens is 545 g/mol. The molecule has 3 heterocycles. The smallest absolute Gasteiger partial charge is 0.353 e.